The average molecular weight is 257 g/mol. The van der Waals surface area contributed by atoms with Crippen molar-refractivity contribution in [2.24, 2.45) is 0 Å². The van der Waals surface area contributed by atoms with E-state index in [1.165, 1.54) is 7.11 Å². The fourth-order valence-corrected chi connectivity index (χ4v) is 1.79. The molecule has 1 N–H and O–H groups in total. The van der Waals surface area contributed by atoms with Crippen molar-refractivity contribution in [1.29, 1.82) is 0 Å². The molecule has 18 heavy (non-hydrogen) atoms. The van der Waals surface area contributed by atoms with Crippen LogP contribution in [0.25, 0.3) is 0 Å². The topological polar surface area (TPSA) is 68.4 Å². The van der Waals surface area contributed by atoms with E-state index in [4.69, 9.17) is 0 Å². The molecule has 0 aliphatic rings. The van der Waals surface area contributed by atoms with Crippen LogP contribution in [0.4, 0.5) is 4.39 Å². The summed E-state index contributed by atoms with van der Waals surface area (Å²) >= 11 is 0. The molecule has 6 heteroatoms. The van der Waals surface area contributed by atoms with Crippen molar-refractivity contribution in [3.8, 4) is 0 Å². The molecule has 0 aliphatic heterocycles. The number of carbonyl (C=O) groups is 2. The molecule has 5 nitrogen and oxygen atoms in total. The Kier molecular flexibility index (Phi) is 4.47. The smallest absolute Gasteiger partial charge is 0.354 e. The number of aromatic amines is 1. The van der Waals surface area contributed by atoms with Gasteiger partial charge in [0, 0.05) is 12.1 Å². The standard InChI is InChI=1S/C12H16FNO4/c1-6-8(5-9(13)11(15)17-3)7(2)14-10(6)12(16)18-4/h9,14H,5H2,1-4H3. The lowest BCUT2D eigenvalue weighted by atomic mass is 10.0. The summed E-state index contributed by atoms with van der Waals surface area (Å²) in [6.07, 6.45) is -1.87. The predicted molar refractivity (Wildman–Crippen MR) is 62.2 cm³/mol. The maximum atomic E-state index is 13.5. The first kappa shape index (κ1) is 14.2. The van der Waals surface area contributed by atoms with Gasteiger partial charge in [-0.15, -0.1) is 0 Å². The number of ether oxygens (including phenoxy) is 2. The number of carbonyl (C=O) groups excluding carboxylic acids is 2. The van der Waals surface area contributed by atoms with Crippen LogP contribution in [0.3, 0.4) is 0 Å². The number of methoxy groups -OCH3 is 2. The van der Waals surface area contributed by atoms with Gasteiger partial charge in [-0.3, -0.25) is 0 Å². The Balaban J connectivity index is 3.00. The molecule has 0 radical (unpaired) electrons. The quantitative estimate of drug-likeness (QED) is 0.829. The van der Waals surface area contributed by atoms with E-state index in [1.54, 1.807) is 13.8 Å². The minimum absolute atomic E-state index is 0.127. The Hall–Kier alpha value is -1.85. The molecule has 1 unspecified atom stereocenters. The molecule has 1 heterocycles. The first-order chi connectivity index (χ1) is 8.42. The summed E-state index contributed by atoms with van der Waals surface area (Å²) in [5.41, 5.74) is 2.10. The average Bonchev–Trinajstić information content (AvgIpc) is 2.64. The van der Waals surface area contributed by atoms with Crippen LogP contribution in [0.1, 0.15) is 27.3 Å². The van der Waals surface area contributed by atoms with Crippen LogP contribution in [-0.4, -0.2) is 37.3 Å². The summed E-state index contributed by atoms with van der Waals surface area (Å²) in [6.45, 7) is 3.38. The molecular formula is C12H16FNO4. The summed E-state index contributed by atoms with van der Waals surface area (Å²) in [6, 6.07) is 0. The zero-order valence-electron chi connectivity index (χ0n) is 10.8. The largest absolute Gasteiger partial charge is 0.467 e. The van der Waals surface area contributed by atoms with Gasteiger partial charge in [-0.1, -0.05) is 0 Å². The lowest BCUT2D eigenvalue weighted by Crippen LogP contribution is -2.20. The normalized spacial score (nSPS) is 12.1. The number of rotatable bonds is 4. The van der Waals surface area contributed by atoms with Crippen LogP contribution in [0.5, 0.6) is 0 Å². The third-order valence-corrected chi connectivity index (χ3v) is 2.82. The molecule has 0 spiro atoms. The Morgan fingerprint density at radius 1 is 1.28 bits per heavy atom. The van der Waals surface area contributed by atoms with Gasteiger partial charge < -0.3 is 14.5 Å². The van der Waals surface area contributed by atoms with Crippen LogP contribution in [-0.2, 0) is 20.7 Å². The van der Waals surface area contributed by atoms with E-state index in [0.29, 0.717) is 16.8 Å². The number of hydrogen-bond acceptors (Lipinski definition) is 4. The number of H-pyrrole nitrogens is 1. The fourth-order valence-electron chi connectivity index (χ4n) is 1.79. The van der Waals surface area contributed by atoms with Crippen LogP contribution < -0.4 is 0 Å². The molecule has 100 valence electrons. The van der Waals surface area contributed by atoms with Gasteiger partial charge in [0.25, 0.3) is 0 Å². The Labute approximate surface area is 104 Å². The summed E-state index contributed by atoms with van der Waals surface area (Å²) in [4.78, 5) is 25.3. The van der Waals surface area contributed by atoms with Crippen LogP contribution in [0.2, 0.25) is 0 Å². The summed E-state index contributed by atoms with van der Waals surface area (Å²) in [5.74, 6) is -1.44. The van der Waals surface area contributed by atoms with Gasteiger partial charge in [-0.2, -0.15) is 0 Å². The van der Waals surface area contributed by atoms with Crippen LogP contribution >= 0.6 is 0 Å². The van der Waals surface area contributed by atoms with Gasteiger partial charge in [0.15, 0.2) is 0 Å². The first-order valence-electron chi connectivity index (χ1n) is 5.40. The third-order valence-electron chi connectivity index (χ3n) is 2.82. The van der Waals surface area contributed by atoms with Gasteiger partial charge in [-0.05, 0) is 25.0 Å². The van der Waals surface area contributed by atoms with E-state index in [-0.39, 0.29) is 12.1 Å². The second kappa shape index (κ2) is 5.66. The number of alkyl halides is 1. The molecule has 1 rings (SSSR count). The maximum Gasteiger partial charge on any atom is 0.354 e. The van der Waals surface area contributed by atoms with E-state index >= 15 is 0 Å². The fraction of sp³-hybridized carbons (Fsp3) is 0.500. The summed E-state index contributed by atoms with van der Waals surface area (Å²) in [7, 11) is 2.40. The Morgan fingerprint density at radius 2 is 1.89 bits per heavy atom. The molecule has 1 aromatic rings. The molecule has 0 aliphatic carbocycles. The third kappa shape index (κ3) is 2.69. The minimum atomic E-state index is -1.74. The van der Waals surface area contributed by atoms with E-state index in [0.717, 1.165) is 7.11 Å². The number of nitrogens with one attached hydrogen (secondary N) is 1. The van der Waals surface area contributed by atoms with Crippen LogP contribution in [0.15, 0.2) is 0 Å². The Morgan fingerprint density at radius 3 is 2.39 bits per heavy atom. The van der Waals surface area contributed by atoms with Crippen molar-refractivity contribution >= 4 is 11.9 Å². The van der Waals surface area contributed by atoms with Crippen molar-refractivity contribution in [1.82, 2.24) is 4.98 Å². The number of aryl methyl sites for hydroxylation is 1. The molecular weight excluding hydrogens is 241 g/mol. The highest BCUT2D eigenvalue weighted by Gasteiger charge is 2.24. The van der Waals surface area contributed by atoms with E-state index < -0.39 is 18.1 Å². The molecule has 0 bridgehead atoms. The number of esters is 2. The summed E-state index contributed by atoms with van der Waals surface area (Å²) in [5, 5.41) is 0. The highest BCUT2D eigenvalue weighted by atomic mass is 19.1. The second-order valence-corrected chi connectivity index (χ2v) is 3.91. The van der Waals surface area contributed by atoms with Gasteiger partial charge in [-0.25, -0.2) is 14.0 Å². The van der Waals surface area contributed by atoms with E-state index in [9.17, 15) is 14.0 Å². The lowest BCUT2D eigenvalue weighted by molar-refractivity contribution is -0.146. The molecule has 0 amide bonds. The minimum Gasteiger partial charge on any atom is -0.467 e. The van der Waals surface area contributed by atoms with Gasteiger partial charge in [0.05, 0.1) is 14.2 Å². The van der Waals surface area contributed by atoms with E-state index in [1.807, 2.05) is 0 Å². The van der Waals surface area contributed by atoms with Gasteiger partial charge >= 0.3 is 11.9 Å². The van der Waals surface area contributed by atoms with Crippen molar-refractivity contribution in [3.63, 3.8) is 0 Å². The molecule has 1 aromatic heterocycles. The zero-order chi connectivity index (χ0) is 13.9. The van der Waals surface area contributed by atoms with Crippen molar-refractivity contribution in [2.45, 2.75) is 26.4 Å². The molecule has 0 saturated carbocycles. The summed E-state index contributed by atoms with van der Waals surface area (Å²) < 4.78 is 22.5. The highest BCUT2D eigenvalue weighted by molar-refractivity contribution is 5.89. The molecule has 0 fully saturated rings. The predicted octanol–water partition coefficient (Wildman–Crippen LogP) is 1.47. The second-order valence-electron chi connectivity index (χ2n) is 3.91. The highest BCUT2D eigenvalue weighted by Crippen LogP contribution is 2.21. The number of halogens is 1. The van der Waals surface area contributed by atoms with Crippen molar-refractivity contribution in [3.05, 3.63) is 22.5 Å². The zero-order valence-corrected chi connectivity index (χ0v) is 10.8. The van der Waals surface area contributed by atoms with Gasteiger partial charge in [0.2, 0.25) is 6.17 Å². The number of aromatic nitrogens is 1. The molecule has 0 saturated heterocycles. The van der Waals surface area contributed by atoms with Crippen molar-refractivity contribution < 1.29 is 23.5 Å². The first-order valence-corrected chi connectivity index (χ1v) is 5.40. The molecule has 1 atom stereocenters. The number of hydrogen-bond donors (Lipinski definition) is 1. The SMILES string of the molecule is COC(=O)c1[nH]c(C)c(CC(F)C(=O)OC)c1C. The van der Waals surface area contributed by atoms with Crippen molar-refractivity contribution in [2.75, 3.05) is 14.2 Å². The van der Waals surface area contributed by atoms with Crippen LogP contribution in [0, 0.1) is 13.8 Å². The maximum absolute atomic E-state index is 13.5. The lowest BCUT2D eigenvalue weighted by Gasteiger charge is -2.06. The monoisotopic (exact) mass is 257 g/mol. The van der Waals surface area contributed by atoms with Gasteiger partial charge in [0.1, 0.15) is 5.69 Å². The molecule has 0 aromatic carbocycles. The Bertz CT molecular complexity index is 467. The van der Waals surface area contributed by atoms with E-state index in [2.05, 4.69) is 14.5 Å².